The van der Waals surface area contributed by atoms with E-state index in [0.29, 0.717) is 22.2 Å². The van der Waals surface area contributed by atoms with Crippen LogP contribution in [0.2, 0.25) is 0 Å². The summed E-state index contributed by atoms with van der Waals surface area (Å²) in [5, 5.41) is 8.28. The Morgan fingerprint density at radius 3 is 2.22 bits per heavy atom. The second-order valence-electron chi connectivity index (χ2n) is 5.70. The number of halogens is 3. The van der Waals surface area contributed by atoms with Crippen molar-refractivity contribution in [2.45, 2.75) is 6.18 Å². The van der Waals surface area contributed by atoms with E-state index in [1.807, 2.05) is 0 Å². The molecule has 3 aromatic rings. The van der Waals surface area contributed by atoms with Gasteiger partial charge < -0.3 is 20.9 Å². The van der Waals surface area contributed by atoms with E-state index in [2.05, 4.69) is 20.9 Å². The van der Waals surface area contributed by atoms with E-state index in [-0.39, 0.29) is 11.6 Å². The first-order valence-corrected chi connectivity index (χ1v) is 7.86. The molecule has 0 atom stereocenters. The summed E-state index contributed by atoms with van der Waals surface area (Å²) in [7, 11) is 1.53. The van der Waals surface area contributed by atoms with Crippen molar-refractivity contribution < 1.29 is 22.8 Å². The fourth-order valence-electron chi connectivity index (χ4n) is 2.56. The molecule has 3 rings (SSSR count). The van der Waals surface area contributed by atoms with Crippen molar-refractivity contribution in [1.82, 2.24) is 10.3 Å². The SMILES string of the molecule is CNC(=O)c1c[nH]c2cc(NC(=O)Nc3ccc(C(F)(F)F)cc3)ccc12. The van der Waals surface area contributed by atoms with Gasteiger partial charge in [0.25, 0.3) is 5.91 Å². The van der Waals surface area contributed by atoms with Crippen LogP contribution in [0.25, 0.3) is 10.9 Å². The van der Waals surface area contributed by atoms with Crippen LogP contribution in [-0.4, -0.2) is 24.0 Å². The molecule has 1 heterocycles. The lowest BCUT2D eigenvalue weighted by atomic mass is 10.1. The molecule has 0 aliphatic heterocycles. The minimum absolute atomic E-state index is 0.225. The summed E-state index contributed by atoms with van der Waals surface area (Å²) < 4.78 is 37.6. The summed E-state index contributed by atoms with van der Waals surface area (Å²) in [6, 6.07) is 8.47. The predicted octanol–water partition coefficient (Wildman–Crippen LogP) is 4.19. The van der Waals surface area contributed by atoms with Crippen LogP contribution in [0.15, 0.2) is 48.7 Å². The number of aromatic amines is 1. The summed E-state index contributed by atoms with van der Waals surface area (Å²) in [6.45, 7) is 0. The van der Waals surface area contributed by atoms with E-state index in [0.717, 1.165) is 12.1 Å². The molecule has 3 amide bonds. The van der Waals surface area contributed by atoms with Crippen molar-refractivity contribution in [1.29, 1.82) is 0 Å². The summed E-state index contributed by atoms with van der Waals surface area (Å²) in [5.41, 5.74) is 1.02. The molecule has 0 fully saturated rings. The van der Waals surface area contributed by atoms with Gasteiger partial charge in [-0.2, -0.15) is 13.2 Å². The maximum Gasteiger partial charge on any atom is 0.416 e. The third-order valence-corrected chi connectivity index (χ3v) is 3.88. The topological polar surface area (TPSA) is 86.0 Å². The lowest BCUT2D eigenvalue weighted by molar-refractivity contribution is -0.137. The van der Waals surface area contributed by atoms with Crippen LogP contribution >= 0.6 is 0 Å². The molecule has 0 saturated heterocycles. The summed E-state index contributed by atoms with van der Waals surface area (Å²) in [6.07, 6.45) is -2.87. The average Bonchev–Trinajstić information content (AvgIpc) is 3.04. The van der Waals surface area contributed by atoms with Gasteiger partial charge in [0.1, 0.15) is 0 Å². The Morgan fingerprint density at radius 2 is 1.59 bits per heavy atom. The van der Waals surface area contributed by atoms with E-state index in [4.69, 9.17) is 0 Å². The maximum absolute atomic E-state index is 12.5. The number of aromatic nitrogens is 1. The predicted molar refractivity (Wildman–Crippen MR) is 95.8 cm³/mol. The van der Waals surface area contributed by atoms with Crippen LogP contribution in [0.1, 0.15) is 15.9 Å². The minimum atomic E-state index is -4.43. The molecule has 0 unspecified atom stereocenters. The zero-order chi connectivity index (χ0) is 19.6. The fourth-order valence-corrected chi connectivity index (χ4v) is 2.56. The number of hydrogen-bond acceptors (Lipinski definition) is 2. The molecule has 0 bridgehead atoms. The van der Waals surface area contributed by atoms with E-state index >= 15 is 0 Å². The molecule has 0 radical (unpaired) electrons. The first-order valence-electron chi connectivity index (χ1n) is 7.86. The Bertz CT molecular complexity index is 994. The number of alkyl halides is 3. The van der Waals surface area contributed by atoms with Crippen molar-refractivity contribution in [2.75, 3.05) is 17.7 Å². The Morgan fingerprint density at radius 1 is 0.963 bits per heavy atom. The number of urea groups is 1. The second-order valence-corrected chi connectivity index (χ2v) is 5.70. The zero-order valence-electron chi connectivity index (χ0n) is 14.1. The first-order chi connectivity index (χ1) is 12.8. The molecule has 6 nitrogen and oxygen atoms in total. The first kappa shape index (κ1) is 18.3. The van der Waals surface area contributed by atoms with Gasteiger partial charge >= 0.3 is 12.2 Å². The van der Waals surface area contributed by atoms with Crippen molar-refractivity contribution in [3.05, 3.63) is 59.8 Å². The highest BCUT2D eigenvalue weighted by Crippen LogP contribution is 2.30. The third kappa shape index (κ3) is 4.02. The fraction of sp³-hybridized carbons (Fsp3) is 0.111. The number of hydrogen-bond donors (Lipinski definition) is 4. The molecule has 0 saturated carbocycles. The standard InChI is InChI=1S/C18H15F3N4O2/c1-22-16(26)14-9-23-15-8-12(6-7-13(14)15)25-17(27)24-11-4-2-10(3-5-11)18(19,20)21/h2-9,23H,1H3,(H,22,26)(H2,24,25,27). The number of fused-ring (bicyclic) bond motifs is 1. The molecule has 1 aromatic heterocycles. The number of benzene rings is 2. The number of carbonyl (C=O) groups is 2. The van der Waals surface area contributed by atoms with Gasteiger partial charge in [0.2, 0.25) is 0 Å². The van der Waals surface area contributed by atoms with Gasteiger partial charge in [-0.1, -0.05) is 0 Å². The zero-order valence-corrected chi connectivity index (χ0v) is 14.1. The van der Waals surface area contributed by atoms with Crippen LogP contribution in [0.4, 0.5) is 29.3 Å². The largest absolute Gasteiger partial charge is 0.416 e. The molecular weight excluding hydrogens is 361 g/mol. The Balaban J connectivity index is 1.70. The maximum atomic E-state index is 12.5. The molecule has 2 aromatic carbocycles. The van der Waals surface area contributed by atoms with Crippen molar-refractivity contribution >= 4 is 34.2 Å². The summed E-state index contributed by atoms with van der Waals surface area (Å²) >= 11 is 0. The van der Waals surface area contributed by atoms with E-state index in [1.165, 1.54) is 19.2 Å². The molecule has 27 heavy (non-hydrogen) atoms. The van der Waals surface area contributed by atoms with Crippen molar-refractivity contribution in [2.24, 2.45) is 0 Å². The minimum Gasteiger partial charge on any atom is -0.360 e. The highest BCUT2D eigenvalue weighted by atomic mass is 19.4. The molecule has 0 spiro atoms. The third-order valence-electron chi connectivity index (χ3n) is 3.88. The van der Waals surface area contributed by atoms with Gasteiger partial charge in [0.05, 0.1) is 11.1 Å². The van der Waals surface area contributed by atoms with E-state index in [1.54, 1.807) is 24.4 Å². The molecule has 0 aliphatic carbocycles. The molecule has 140 valence electrons. The average molecular weight is 376 g/mol. The number of nitrogens with one attached hydrogen (secondary N) is 4. The van der Waals surface area contributed by atoms with Crippen LogP contribution in [0.5, 0.6) is 0 Å². The number of carbonyl (C=O) groups excluding carboxylic acids is 2. The van der Waals surface area contributed by atoms with Gasteiger partial charge in [-0.05, 0) is 42.5 Å². The molecular formula is C18H15F3N4O2. The molecule has 0 aliphatic rings. The summed E-state index contributed by atoms with van der Waals surface area (Å²) in [5.74, 6) is -0.234. The lowest BCUT2D eigenvalue weighted by Gasteiger charge is -2.10. The smallest absolute Gasteiger partial charge is 0.360 e. The number of anilines is 2. The molecule has 4 N–H and O–H groups in total. The highest BCUT2D eigenvalue weighted by molar-refractivity contribution is 6.08. The lowest BCUT2D eigenvalue weighted by Crippen LogP contribution is -2.19. The van der Waals surface area contributed by atoms with Gasteiger partial charge in [-0.15, -0.1) is 0 Å². The number of amides is 3. The molecule has 9 heteroatoms. The van der Waals surface area contributed by atoms with Crippen LogP contribution in [-0.2, 0) is 6.18 Å². The second kappa shape index (κ2) is 7.02. The Kier molecular flexibility index (Phi) is 4.76. The van der Waals surface area contributed by atoms with Crippen LogP contribution < -0.4 is 16.0 Å². The number of H-pyrrole nitrogens is 1. The van der Waals surface area contributed by atoms with Gasteiger partial charge in [-0.3, -0.25) is 4.79 Å². The number of rotatable bonds is 3. The van der Waals surface area contributed by atoms with Crippen LogP contribution in [0.3, 0.4) is 0 Å². The van der Waals surface area contributed by atoms with Gasteiger partial charge in [0.15, 0.2) is 0 Å². The van der Waals surface area contributed by atoms with Crippen molar-refractivity contribution in [3.8, 4) is 0 Å². The van der Waals surface area contributed by atoms with E-state index < -0.39 is 17.8 Å². The van der Waals surface area contributed by atoms with Crippen LogP contribution in [0, 0.1) is 0 Å². The Labute approximate surface area is 151 Å². The van der Waals surface area contributed by atoms with Crippen molar-refractivity contribution in [3.63, 3.8) is 0 Å². The van der Waals surface area contributed by atoms with E-state index in [9.17, 15) is 22.8 Å². The highest BCUT2D eigenvalue weighted by Gasteiger charge is 2.29. The monoisotopic (exact) mass is 376 g/mol. The summed E-state index contributed by atoms with van der Waals surface area (Å²) in [4.78, 5) is 26.7. The van der Waals surface area contributed by atoms with Gasteiger partial charge in [0, 0.05) is 35.5 Å². The normalized spacial score (nSPS) is 11.3. The Hall–Kier alpha value is -3.49. The quantitative estimate of drug-likeness (QED) is 0.553. The van der Waals surface area contributed by atoms with Gasteiger partial charge in [-0.25, -0.2) is 4.79 Å².